The van der Waals surface area contributed by atoms with Gasteiger partial charge in [-0.1, -0.05) is 18.2 Å². The zero-order valence-electron chi connectivity index (χ0n) is 14.5. The zero-order valence-corrected chi connectivity index (χ0v) is 14.5. The van der Waals surface area contributed by atoms with E-state index in [9.17, 15) is 29.4 Å². The van der Waals surface area contributed by atoms with Crippen molar-refractivity contribution in [3.63, 3.8) is 0 Å². The number of carbonyl (C=O) groups excluding carboxylic acids is 2. The van der Waals surface area contributed by atoms with Crippen molar-refractivity contribution in [3.8, 4) is 11.5 Å². The maximum atomic E-state index is 11.4. The smallest absolute Gasteiger partial charge is 0.339 e. The van der Waals surface area contributed by atoms with Crippen LogP contribution in [0.2, 0.25) is 0 Å². The van der Waals surface area contributed by atoms with Gasteiger partial charge in [0, 0.05) is 25.8 Å². The van der Waals surface area contributed by atoms with Crippen LogP contribution in [0.15, 0.2) is 36.4 Å². The van der Waals surface area contributed by atoms with E-state index in [2.05, 4.69) is 0 Å². The molecule has 0 aromatic heterocycles. The minimum absolute atomic E-state index is 0.0987. The Morgan fingerprint density at radius 2 is 1.48 bits per heavy atom. The van der Waals surface area contributed by atoms with Crippen LogP contribution < -0.4 is 9.47 Å². The third-order valence-electron chi connectivity index (χ3n) is 3.50. The molecule has 2 rings (SSSR count). The molecule has 0 spiro atoms. The highest BCUT2D eigenvalue weighted by atomic mass is 16.5. The quantitative estimate of drug-likeness (QED) is 0.585. The third-order valence-corrected chi connectivity index (χ3v) is 3.50. The molecule has 27 heavy (non-hydrogen) atoms. The molecule has 2 N–H and O–H groups in total. The van der Waals surface area contributed by atoms with Crippen LogP contribution in [0.4, 0.5) is 0 Å². The second-order valence-electron chi connectivity index (χ2n) is 5.60. The number of hydrogen-bond donors (Lipinski definition) is 2. The summed E-state index contributed by atoms with van der Waals surface area (Å²) in [5.41, 5.74) is 0.490. The van der Waals surface area contributed by atoms with E-state index in [0.29, 0.717) is 11.1 Å². The van der Waals surface area contributed by atoms with Crippen molar-refractivity contribution in [1.82, 2.24) is 0 Å². The number of carboxylic acid groups (broad SMARTS) is 2. The van der Waals surface area contributed by atoms with E-state index in [0.717, 1.165) is 13.8 Å². The standard InChI is InChI=1S/C19H16O8/c1-10(20)26-16-7-6-12(9-15(16)19(24)25)8-13-4-3-5-14(18(22)23)17(13)27-11(2)21/h3-7,9H,8H2,1-2H3,(H,22,23)(H,24,25). The van der Waals surface area contributed by atoms with Crippen molar-refractivity contribution in [2.75, 3.05) is 0 Å². The fraction of sp³-hybridized carbons (Fsp3) is 0.158. The van der Waals surface area contributed by atoms with Crippen molar-refractivity contribution in [2.24, 2.45) is 0 Å². The Morgan fingerprint density at radius 3 is 2.04 bits per heavy atom. The summed E-state index contributed by atoms with van der Waals surface area (Å²) in [5.74, 6) is -4.08. The first-order valence-electron chi connectivity index (χ1n) is 7.77. The molecular formula is C19H16O8. The summed E-state index contributed by atoms with van der Waals surface area (Å²) in [5, 5.41) is 18.6. The lowest BCUT2D eigenvalue weighted by Gasteiger charge is -2.13. The molecule has 0 saturated carbocycles. The Hall–Kier alpha value is -3.68. The van der Waals surface area contributed by atoms with Gasteiger partial charge in [0.05, 0.1) is 0 Å². The average Bonchev–Trinajstić information content (AvgIpc) is 2.56. The Labute approximate surface area is 154 Å². The molecule has 0 aliphatic carbocycles. The summed E-state index contributed by atoms with van der Waals surface area (Å²) in [4.78, 5) is 45.2. The number of aromatic carboxylic acids is 2. The van der Waals surface area contributed by atoms with Gasteiger partial charge < -0.3 is 19.7 Å². The number of benzene rings is 2. The fourth-order valence-corrected chi connectivity index (χ4v) is 2.47. The zero-order chi connectivity index (χ0) is 20.1. The lowest BCUT2D eigenvalue weighted by atomic mass is 9.99. The molecule has 0 unspecified atom stereocenters. The van der Waals surface area contributed by atoms with Gasteiger partial charge >= 0.3 is 23.9 Å². The number of ether oxygens (including phenoxy) is 2. The summed E-state index contributed by atoms with van der Waals surface area (Å²) in [7, 11) is 0. The minimum atomic E-state index is -1.28. The number of para-hydroxylation sites is 1. The van der Waals surface area contributed by atoms with Crippen molar-refractivity contribution < 1.29 is 38.9 Å². The SMILES string of the molecule is CC(=O)Oc1ccc(Cc2cccc(C(=O)O)c2OC(C)=O)cc1C(=O)O. The van der Waals surface area contributed by atoms with Crippen LogP contribution in [0.3, 0.4) is 0 Å². The molecule has 0 atom stereocenters. The van der Waals surface area contributed by atoms with Gasteiger partial charge in [0.15, 0.2) is 0 Å². The van der Waals surface area contributed by atoms with Crippen LogP contribution in [0.25, 0.3) is 0 Å². The Morgan fingerprint density at radius 1 is 0.852 bits per heavy atom. The molecule has 2 aromatic carbocycles. The fourth-order valence-electron chi connectivity index (χ4n) is 2.47. The molecule has 0 aliphatic heterocycles. The maximum absolute atomic E-state index is 11.4. The molecule has 0 radical (unpaired) electrons. The lowest BCUT2D eigenvalue weighted by Crippen LogP contribution is -2.10. The van der Waals surface area contributed by atoms with Crippen molar-refractivity contribution in [3.05, 3.63) is 58.7 Å². The van der Waals surface area contributed by atoms with E-state index in [1.165, 1.54) is 30.3 Å². The predicted octanol–water partition coefficient (Wildman–Crippen LogP) is 2.52. The Balaban J connectivity index is 2.47. The van der Waals surface area contributed by atoms with Crippen LogP contribution in [0.1, 0.15) is 45.7 Å². The van der Waals surface area contributed by atoms with Gasteiger partial charge in [-0.3, -0.25) is 9.59 Å². The molecule has 0 fully saturated rings. The number of rotatable bonds is 6. The Kier molecular flexibility index (Phi) is 5.92. The van der Waals surface area contributed by atoms with Crippen molar-refractivity contribution in [1.29, 1.82) is 0 Å². The van der Waals surface area contributed by atoms with E-state index in [1.54, 1.807) is 6.07 Å². The van der Waals surface area contributed by atoms with E-state index in [4.69, 9.17) is 9.47 Å². The second-order valence-corrected chi connectivity index (χ2v) is 5.60. The predicted molar refractivity (Wildman–Crippen MR) is 92.2 cm³/mol. The van der Waals surface area contributed by atoms with Crippen molar-refractivity contribution in [2.45, 2.75) is 20.3 Å². The van der Waals surface area contributed by atoms with Gasteiger partial charge in [0.25, 0.3) is 0 Å². The highest BCUT2D eigenvalue weighted by Gasteiger charge is 2.19. The van der Waals surface area contributed by atoms with Crippen LogP contribution in [-0.4, -0.2) is 34.1 Å². The molecule has 0 bridgehead atoms. The molecule has 8 nitrogen and oxygen atoms in total. The van der Waals surface area contributed by atoms with Crippen molar-refractivity contribution >= 4 is 23.9 Å². The van der Waals surface area contributed by atoms with Crippen LogP contribution in [0.5, 0.6) is 11.5 Å². The monoisotopic (exact) mass is 372 g/mol. The highest BCUT2D eigenvalue weighted by Crippen LogP contribution is 2.29. The molecule has 2 aromatic rings. The number of hydrogen-bond acceptors (Lipinski definition) is 6. The van der Waals surface area contributed by atoms with Gasteiger partial charge in [0.1, 0.15) is 22.6 Å². The van der Waals surface area contributed by atoms with Gasteiger partial charge in [0.2, 0.25) is 0 Å². The maximum Gasteiger partial charge on any atom is 0.339 e. The summed E-state index contributed by atoms with van der Waals surface area (Å²) in [6.45, 7) is 2.31. The molecule has 0 heterocycles. The summed E-state index contributed by atoms with van der Waals surface area (Å²) in [6.07, 6.45) is 0.102. The van der Waals surface area contributed by atoms with Crippen LogP contribution in [0, 0.1) is 0 Å². The van der Waals surface area contributed by atoms with Gasteiger partial charge in [-0.25, -0.2) is 9.59 Å². The second kappa shape index (κ2) is 8.13. The normalized spacial score (nSPS) is 10.1. The first kappa shape index (κ1) is 19.6. The number of carbonyl (C=O) groups is 4. The minimum Gasteiger partial charge on any atom is -0.478 e. The molecule has 140 valence electrons. The molecule has 8 heteroatoms. The number of carboxylic acids is 2. The summed E-state index contributed by atoms with van der Waals surface area (Å²) >= 11 is 0. The van der Waals surface area contributed by atoms with Crippen LogP contribution >= 0.6 is 0 Å². The number of esters is 2. The van der Waals surface area contributed by atoms with E-state index in [1.807, 2.05) is 0 Å². The average molecular weight is 372 g/mol. The highest BCUT2D eigenvalue weighted by molar-refractivity contribution is 5.93. The largest absolute Gasteiger partial charge is 0.478 e. The van der Waals surface area contributed by atoms with Crippen LogP contribution in [-0.2, 0) is 16.0 Å². The van der Waals surface area contributed by atoms with E-state index >= 15 is 0 Å². The topological polar surface area (TPSA) is 127 Å². The first-order chi connectivity index (χ1) is 12.7. The third kappa shape index (κ3) is 4.91. The molecule has 0 saturated heterocycles. The summed E-state index contributed by atoms with van der Waals surface area (Å²) in [6, 6.07) is 8.56. The van der Waals surface area contributed by atoms with Gasteiger partial charge in [-0.05, 0) is 23.8 Å². The molecule has 0 amide bonds. The van der Waals surface area contributed by atoms with Gasteiger partial charge in [-0.15, -0.1) is 0 Å². The Bertz CT molecular complexity index is 929. The van der Waals surface area contributed by atoms with E-state index < -0.39 is 23.9 Å². The summed E-state index contributed by atoms with van der Waals surface area (Å²) < 4.78 is 9.93. The van der Waals surface area contributed by atoms with Gasteiger partial charge in [-0.2, -0.15) is 0 Å². The lowest BCUT2D eigenvalue weighted by molar-refractivity contribution is -0.132. The molecular weight excluding hydrogens is 356 g/mol. The first-order valence-corrected chi connectivity index (χ1v) is 7.77. The van der Waals surface area contributed by atoms with E-state index in [-0.39, 0.29) is 29.0 Å². The molecule has 0 aliphatic rings.